The number of pyridine rings is 1. The van der Waals surface area contributed by atoms with Crippen molar-refractivity contribution < 1.29 is 14.6 Å². The number of fused-ring (bicyclic) bond motifs is 5. The average Bonchev–Trinajstić information content (AvgIpc) is 3.11. The van der Waals surface area contributed by atoms with Crippen molar-refractivity contribution in [1.29, 1.82) is 0 Å². The molecule has 2 aliphatic rings. The molecule has 3 aromatic rings. The van der Waals surface area contributed by atoms with Crippen LogP contribution in [0.3, 0.4) is 0 Å². The number of aromatic nitrogens is 2. The standard InChI is InChI=1S/C22H23N3O4/c1-29-15-5-6-18-16(8-15)17(9-23-18)21(22(27)28)24-10-13-7-14(12-24)19-3-2-4-20(26)25(19)11-13/h2-6,8-9,13-14,21,23H,7,10-12H2,1H3,(H,27,28)/t13-,14-,21?/m0/s1. The Bertz CT molecular complexity index is 1150. The number of nitrogens with one attached hydrogen (secondary N) is 1. The van der Waals surface area contributed by atoms with Gasteiger partial charge in [-0.1, -0.05) is 6.07 Å². The summed E-state index contributed by atoms with van der Waals surface area (Å²) >= 11 is 0. The zero-order valence-electron chi connectivity index (χ0n) is 16.2. The Morgan fingerprint density at radius 1 is 1.24 bits per heavy atom. The Labute approximate surface area is 167 Å². The van der Waals surface area contributed by atoms with E-state index in [4.69, 9.17) is 4.74 Å². The lowest BCUT2D eigenvalue weighted by Gasteiger charge is -2.44. The number of H-pyrrole nitrogens is 1. The van der Waals surface area contributed by atoms with Gasteiger partial charge < -0.3 is 19.4 Å². The van der Waals surface area contributed by atoms with Crippen LogP contribution in [-0.4, -0.2) is 45.7 Å². The lowest BCUT2D eigenvalue weighted by Crippen LogP contribution is -2.49. The van der Waals surface area contributed by atoms with Gasteiger partial charge in [0.2, 0.25) is 0 Å². The Morgan fingerprint density at radius 3 is 2.90 bits per heavy atom. The number of rotatable bonds is 4. The zero-order valence-corrected chi connectivity index (χ0v) is 16.2. The van der Waals surface area contributed by atoms with Crippen LogP contribution in [0.15, 0.2) is 47.4 Å². The summed E-state index contributed by atoms with van der Waals surface area (Å²) in [6.45, 7) is 1.93. The van der Waals surface area contributed by atoms with E-state index >= 15 is 0 Å². The monoisotopic (exact) mass is 393 g/mol. The van der Waals surface area contributed by atoms with E-state index in [-0.39, 0.29) is 17.4 Å². The van der Waals surface area contributed by atoms with Crippen molar-refractivity contribution >= 4 is 16.9 Å². The molecule has 3 atom stereocenters. The third kappa shape index (κ3) is 2.93. The molecule has 1 unspecified atom stereocenters. The van der Waals surface area contributed by atoms with Crippen molar-refractivity contribution in [3.8, 4) is 5.75 Å². The highest BCUT2D eigenvalue weighted by Crippen LogP contribution is 2.40. The fourth-order valence-electron chi connectivity index (χ4n) is 5.10. The first kappa shape index (κ1) is 18.0. The van der Waals surface area contributed by atoms with Crippen LogP contribution in [0, 0.1) is 5.92 Å². The molecule has 0 aliphatic carbocycles. The minimum Gasteiger partial charge on any atom is -0.497 e. The third-order valence-corrected chi connectivity index (χ3v) is 6.32. The first-order valence-corrected chi connectivity index (χ1v) is 9.86. The first-order chi connectivity index (χ1) is 14.0. The summed E-state index contributed by atoms with van der Waals surface area (Å²) < 4.78 is 7.20. The quantitative estimate of drug-likeness (QED) is 0.711. The van der Waals surface area contributed by atoms with Crippen molar-refractivity contribution in [2.45, 2.75) is 24.9 Å². The first-order valence-electron chi connectivity index (χ1n) is 9.86. The molecule has 1 fully saturated rings. The number of benzene rings is 1. The van der Waals surface area contributed by atoms with Gasteiger partial charge in [-0.25, -0.2) is 0 Å². The molecular weight excluding hydrogens is 370 g/mol. The predicted molar refractivity (Wildman–Crippen MR) is 108 cm³/mol. The van der Waals surface area contributed by atoms with Crippen LogP contribution in [0.1, 0.15) is 29.6 Å². The summed E-state index contributed by atoms with van der Waals surface area (Å²) in [4.78, 5) is 29.9. The fraction of sp³-hybridized carbons (Fsp3) is 0.364. The molecule has 5 rings (SSSR count). The number of methoxy groups -OCH3 is 1. The molecular formula is C22H23N3O4. The molecule has 2 N–H and O–H groups in total. The van der Waals surface area contributed by atoms with E-state index < -0.39 is 12.0 Å². The zero-order chi connectivity index (χ0) is 20.1. The van der Waals surface area contributed by atoms with Gasteiger partial charge in [0, 0.05) is 60.0 Å². The second-order valence-corrected chi connectivity index (χ2v) is 8.05. The van der Waals surface area contributed by atoms with Crippen LogP contribution in [0.5, 0.6) is 5.75 Å². The van der Waals surface area contributed by atoms with Crippen molar-refractivity contribution in [2.24, 2.45) is 5.92 Å². The summed E-state index contributed by atoms with van der Waals surface area (Å²) in [5.41, 5.74) is 2.69. The molecule has 2 bridgehead atoms. The van der Waals surface area contributed by atoms with Crippen LogP contribution >= 0.6 is 0 Å². The highest BCUT2D eigenvalue weighted by atomic mass is 16.5. The number of carbonyl (C=O) groups is 1. The number of hydrogen-bond acceptors (Lipinski definition) is 4. The topological polar surface area (TPSA) is 87.6 Å². The number of likely N-dealkylation sites (tertiary alicyclic amines) is 1. The summed E-state index contributed by atoms with van der Waals surface area (Å²) in [5, 5.41) is 11.0. The smallest absolute Gasteiger partial charge is 0.325 e. The van der Waals surface area contributed by atoms with Gasteiger partial charge in [0.25, 0.3) is 5.56 Å². The number of nitrogens with zero attached hydrogens (tertiary/aromatic N) is 2. The van der Waals surface area contributed by atoms with Gasteiger partial charge in [0.05, 0.1) is 7.11 Å². The molecule has 4 heterocycles. The van der Waals surface area contributed by atoms with Crippen LogP contribution < -0.4 is 10.3 Å². The van der Waals surface area contributed by atoms with E-state index in [9.17, 15) is 14.7 Å². The number of carboxylic acid groups (broad SMARTS) is 1. The maximum Gasteiger partial charge on any atom is 0.325 e. The molecule has 1 aromatic carbocycles. The lowest BCUT2D eigenvalue weighted by molar-refractivity contribution is -0.144. The SMILES string of the molecule is COc1ccc2[nH]cc(C(C(=O)O)N3C[C@@H]4C[C@@H](C3)c3cccc(=O)n3C4)c2c1. The Kier molecular flexibility index (Phi) is 4.20. The van der Waals surface area contributed by atoms with Crippen LogP contribution in [0.25, 0.3) is 10.9 Å². The molecule has 0 saturated carbocycles. The number of aromatic amines is 1. The van der Waals surface area contributed by atoms with Crippen molar-refractivity contribution in [1.82, 2.24) is 14.5 Å². The number of aliphatic carboxylic acids is 1. The molecule has 2 aromatic heterocycles. The number of carboxylic acids is 1. The van der Waals surface area contributed by atoms with Crippen molar-refractivity contribution in [3.05, 3.63) is 64.2 Å². The highest BCUT2D eigenvalue weighted by molar-refractivity contribution is 5.90. The predicted octanol–water partition coefficient (Wildman–Crippen LogP) is 2.58. The van der Waals surface area contributed by atoms with E-state index in [0.29, 0.717) is 25.4 Å². The van der Waals surface area contributed by atoms with Gasteiger partial charge in [-0.2, -0.15) is 0 Å². The second-order valence-electron chi connectivity index (χ2n) is 8.05. The van der Waals surface area contributed by atoms with Gasteiger partial charge >= 0.3 is 5.97 Å². The molecule has 150 valence electrons. The molecule has 7 nitrogen and oxygen atoms in total. The van der Waals surface area contributed by atoms with Crippen LogP contribution in [0.2, 0.25) is 0 Å². The Hall–Kier alpha value is -3.06. The van der Waals surface area contributed by atoms with Gasteiger partial charge in [-0.15, -0.1) is 0 Å². The van der Waals surface area contributed by atoms with Gasteiger partial charge in [0.15, 0.2) is 0 Å². The fourth-order valence-corrected chi connectivity index (χ4v) is 5.10. The maximum atomic E-state index is 12.4. The Balaban J connectivity index is 1.54. The minimum atomic E-state index is -0.862. The highest BCUT2D eigenvalue weighted by Gasteiger charge is 2.40. The van der Waals surface area contributed by atoms with E-state index in [1.807, 2.05) is 28.8 Å². The van der Waals surface area contributed by atoms with Crippen molar-refractivity contribution in [2.75, 3.05) is 20.2 Å². The minimum absolute atomic E-state index is 0.0316. The largest absolute Gasteiger partial charge is 0.497 e. The molecule has 0 spiro atoms. The molecule has 29 heavy (non-hydrogen) atoms. The lowest BCUT2D eigenvalue weighted by atomic mass is 9.82. The summed E-state index contributed by atoms with van der Waals surface area (Å²) in [6.07, 6.45) is 2.79. The number of ether oxygens (including phenoxy) is 1. The molecule has 0 amide bonds. The maximum absolute atomic E-state index is 12.4. The van der Waals surface area contributed by atoms with Gasteiger partial charge in [0.1, 0.15) is 11.8 Å². The summed E-state index contributed by atoms with van der Waals surface area (Å²) in [7, 11) is 1.60. The summed E-state index contributed by atoms with van der Waals surface area (Å²) in [5.74, 6) is 0.270. The second kappa shape index (κ2) is 6.77. The van der Waals surface area contributed by atoms with E-state index in [1.54, 1.807) is 25.4 Å². The van der Waals surface area contributed by atoms with Gasteiger partial charge in [-0.3, -0.25) is 14.5 Å². The number of hydrogen-bond donors (Lipinski definition) is 2. The number of piperidine rings is 1. The van der Waals surface area contributed by atoms with E-state index in [0.717, 1.165) is 28.6 Å². The molecule has 2 aliphatic heterocycles. The van der Waals surface area contributed by atoms with E-state index in [2.05, 4.69) is 9.88 Å². The molecule has 1 saturated heterocycles. The van der Waals surface area contributed by atoms with Gasteiger partial charge in [-0.05, 0) is 36.6 Å². The summed E-state index contributed by atoms with van der Waals surface area (Å²) in [6, 6.07) is 10.3. The van der Waals surface area contributed by atoms with Crippen molar-refractivity contribution in [3.63, 3.8) is 0 Å². The Morgan fingerprint density at radius 2 is 2.10 bits per heavy atom. The average molecular weight is 393 g/mol. The van der Waals surface area contributed by atoms with Crippen LogP contribution in [-0.2, 0) is 11.3 Å². The third-order valence-electron chi connectivity index (χ3n) is 6.32. The van der Waals surface area contributed by atoms with Crippen LogP contribution in [0.4, 0.5) is 0 Å². The molecule has 7 heteroatoms. The molecule has 0 radical (unpaired) electrons. The normalized spacial score (nSPS) is 22.2. The van der Waals surface area contributed by atoms with E-state index in [1.165, 1.54) is 0 Å².